The minimum Gasteiger partial charge on any atom is -0.506 e. The minimum absolute atomic E-state index is 0.0917. The molecule has 3 aromatic rings. The minimum atomic E-state index is -0.406. The van der Waals surface area contributed by atoms with Crippen LogP contribution in [0.4, 0.5) is 9.52 Å². The summed E-state index contributed by atoms with van der Waals surface area (Å²) in [6.45, 7) is 0. The van der Waals surface area contributed by atoms with Gasteiger partial charge in [-0.15, -0.1) is 0 Å². The fourth-order valence-electron chi connectivity index (χ4n) is 1.77. The number of carbonyl (C=O) groups is 1. The van der Waals surface area contributed by atoms with Gasteiger partial charge in [-0.2, -0.15) is 0 Å². The van der Waals surface area contributed by atoms with Crippen molar-refractivity contribution in [3.05, 3.63) is 52.8 Å². The van der Waals surface area contributed by atoms with E-state index in [1.165, 1.54) is 41.7 Å². The number of nitrogens with one attached hydrogen (secondary N) is 1. The second kappa shape index (κ2) is 5.31. The van der Waals surface area contributed by atoms with E-state index in [1.807, 2.05) is 0 Å². The van der Waals surface area contributed by atoms with E-state index in [0.29, 0.717) is 20.9 Å². The normalized spacial score (nSPS) is 10.8. The van der Waals surface area contributed by atoms with E-state index in [-0.39, 0.29) is 16.6 Å². The second-order valence-electron chi connectivity index (χ2n) is 4.25. The summed E-state index contributed by atoms with van der Waals surface area (Å²) in [4.78, 5) is 16.3. The van der Waals surface area contributed by atoms with Crippen LogP contribution in [-0.2, 0) is 0 Å². The Hall–Kier alpha value is -2.18. The summed E-state index contributed by atoms with van der Waals surface area (Å²) in [6, 6.07) is 8.37. The van der Waals surface area contributed by atoms with Gasteiger partial charge < -0.3 is 5.11 Å². The molecule has 21 heavy (non-hydrogen) atoms. The highest BCUT2D eigenvalue weighted by Gasteiger charge is 2.12. The number of benzene rings is 2. The zero-order chi connectivity index (χ0) is 15.0. The van der Waals surface area contributed by atoms with Crippen molar-refractivity contribution in [1.29, 1.82) is 0 Å². The number of amides is 1. The number of hydrogen-bond donors (Lipinski definition) is 2. The Labute approximate surface area is 127 Å². The van der Waals surface area contributed by atoms with E-state index < -0.39 is 5.91 Å². The Kier molecular flexibility index (Phi) is 3.48. The van der Waals surface area contributed by atoms with Gasteiger partial charge in [0.1, 0.15) is 11.6 Å². The van der Waals surface area contributed by atoms with Crippen LogP contribution in [0, 0.1) is 5.82 Å². The zero-order valence-electron chi connectivity index (χ0n) is 10.4. The number of hydrogen-bond acceptors (Lipinski definition) is 4. The lowest BCUT2D eigenvalue weighted by atomic mass is 10.2. The summed E-state index contributed by atoms with van der Waals surface area (Å²) in [7, 11) is 0. The van der Waals surface area contributed by atoms with Crippen molar-refractivity contribution in [2.45, 2.75) is 0 Å². The number of carbonyl (C=O) groups excluding carboxylic acids is 1. The summed E-state index contributed by atoms with van der Waals surface area (Å²) in [5.41, 5.74) is 0.906. The average Bonchev–Trinajstić information content (AvgIpc) is 2.83. The molecule has 3 rings (SSSR count). The van der Waals surface area contributed by atoms with E-state index in [2.05, 4.69) is 10.3 Å². The van der Waals surface area contributed by atoms with Crippen molar-refractivity contribution in [2.24, 2.45) is 0 Å². The SMILES string of the molecule is O=C(Nc1nc2ccc(F)cc2s1)c1ccc(O)c(Cl)c1. The van der Waals surface area contributed by atoms with Gasteiger partial charge in [0, 0.05) is 5.56 Å². The van der Waals surface area contributed by atoms with Gasteiger partial charge in [0.05, 0.1) is 15.2 Å². The molecule has 1 aromatic heterocycles. The van der Waals surface area contributed by atoms with Gasteiger partial charge in [-0.1, -0.05) is 22.9 Å². The van der Waals surface area contributed by atoms with Gasteiger partial charge >= 0.3 is 0 Å². The molecule has 0 radical (unpaired) electrons. The smallest absolute Gasteiger partial charge is 0.257 e. The number of thiazole rings is 1. The molecule has 1 heterocycles. The van der Waals surface area contributed by atoms with Crippen molar-refractivity contribution in [1.82, 2.24) is 4.98 Å². The molecule has 0 atom stereocenters. The fraction of sp³-hybridized carbons (Fsp3) is 0. The van der Waals surface area contributed by atoms with Crippen LogP contribution >= 0.6 is 22.9 Å². The molecule has 2 N–H and O–H groups in total. The van der Waals surface area contributed by atoms with Gasteiger partial charge in [-0.05, 0) is 36.4 Å². The Morgan fingerprint density at radius 3 is 2.86 bits per heavy atom. The van der Waals surface area contributed by atoms with Crippen LogP contribution in [0.1, 0.15) is 10.4 Å². The topological polar surface area (TPSA) is 62.2 Å². The number of phenolic OH excluding ortho intramolecular Hbond substituents is 1. The first kappa shape index (κ1) is 13.8. The quantitative estimate of drug-likeness (QED) is 0.748. The standard InChI is InChI=1S/C14H8ClFN2O2S/c15-9-5-7(1-4-11(9)19)13(20)18-14-17-10-3-2-8(16)6-12(10)21-14/h1-6,19H,(H,17,18,20). The maximum atomic E-state index is 13.1. The molecule has 106 valence electrons. The summed E-state index contributed by atoms with van der Waals surface area (Å²) in [5.74, 6) is -0.852. The first-order chi connectivity index (χ1) is 10.0. The van der Waals surface area contributed by atoms with Gasteiger partial charge in [-0.3, -0.25) is 10.1 Å². The van der Waals surface area contributed by atoms with Crippen LogP contribution < -0.4 is 5.32 Å². The van der Waals surface area contributed by atoms with E-state index in [9.17, 15) is 14.3 Å². The highest BCUT2D eigenvalue weighted by atomic mass is 35.5. The summed E-state index contributed by atoms with van der Waals surface area (Å²) < 4.78 is 13.8. The van der Waals surface area contributed by atoms with Crippen LogP contribution in [0.15, 0.2) is 36.4 Å². The largest absolute Gasteiger partial charge is 0.506 e. The molecule has 7 heteroatoms. The number of rotatable bonds is 2. The number of nitrogens with zero attached hydrogens (tertiary/aromatic N) is 1. The molecular weight excluding hydrogens is 315 g/mol. The number of phenols is 1. The lowest BCUT2D eigenvalue weighted by Crippen LogP contribution is -2.11. The third kappa shape index (κ3) is 2.81. The van der Waals surface area contributed by atoms with Gasteiger partial charge in [0.25, 0.3) is 5.91 Å². The molecule has 0 fully saturated rings. The molecule has 0 saturated heterocycles. The third-order valence-electron chi connectivity index (χ3n) is 2.78. The molecular formula is C14H8ClFN2O2S. The number of aromatic hydroxyl groups is 1. The first-order valence-electron chi connectivity index (χ1n) is 5.89. The third-order valence-corrected chi connectivity index (χ3v) is 4.02. The van der Waals surface area contributed by atoms with Crippen LogP contribution in [0.5, 0.6) is 5.75 Å². The van der Waals surface area contributed by atoms with Crippen LogP contribution in [0.25, 0.3) is 10.2 Å². The number of anilines is 1. The van der Waals surface area contributed by atoms with E-state index in [4.69, 9.17) is 11.6 Å². The van der Waals surface area contributed by atoms with Crippen LogP contribution in [-0.4, -0.2) is 16.0 Å². The Morgan fingerprint density at radius 1 is 1.29 bits per heavy atom. The Morgan fingerprint density at radius 2 is 2.10 bits per heavy atom. The molecule has 0 aliphatic heterocycles. The van der Waals surface area contributed by atoms with Crippen LogP contribution in [0.2, 0.25) is 5.02 Å². The second-order valence-corrected chi connectivity index (χ2v) is 5.69. The summed E-state index contributed by atoms with van der Waals surface area (Å²) in [6.07, 6.45) is 0. The Bertz CT molecular complexity index is 850. The van der Waals surface area contributed by atoms with Crippen molar-refractivity contribution in [3.8, 4) is 5.75 Å². The predicted molar refractivity (Wildman–Crippen MR) is 80.6 cm³/mol. The summed E-state index contributed by atoms with van der Waals surface area (Å²) >= 11 is 6.93. The lowest BCUT2D eigenvalue weighted by Gasteiger charge is -2.03. The van der Waals surface area contributed by atoms with Crippen molar-refractivity contribution in [3.63, 3.8) is 0 Å². The van der Waals surface area contributed by atoms with E-state index in [1.54, 1.807) is 6.07 Å². The molecule has 0 spiro atoms. The lowest BCUT2D eigenvalue weighted by molar-refractivity contribution is 0.102. The highest BCUT2D eigenvalue weighted by molar-refractivity contribution is 7.22. The van der Waals surface area contributed by atoms with Crippen molar-refractivity contribution < 1.29 is 14.3 Å². The molecule has 1 amide bonds. The Balaban J connectivity index is 1.87. The maximum absolute atomic E-state index is 13.1. The molecule has 0 saturated carbocycles. The maximum Gasteiger partial charge on any atom is 0.257 e. The number of aromatic nitrogens is 1. The fourth-order valence-corrected chi connectivity index (χ4v) is 2.84. The summed E-state index contributed by atoms with van der Waals surface area (Å²) in [5, 5.41) is 12.4. The van der Waals surface area contributed by atoms with Crippen molar-refractivity contribution >= 4 is 44.2 Å². The molecule has 0 aliphatic carbocycles. The molecule has 0 aliphatic rings. The first-order valence-corrected chi connectivity index (χ1v) is 7.08. The number of fused-ring (bicyclic) bond motifs is 1. The van der Waals surface area contributed by atoms with Crippen LogP contribution in [0.3, 0.4) is 0 Å². The average molecular weight is 323 g/mol. The molecule has 0 bridgehead atoms. The van der Waals surface area contributed by atoms with Crippen molar-refractivity contribution in [2.75, 3.05) is 5.32 Å². The predicted octanol–water partition coefficient (Wildman–Crippen LogP) is 4.05. The van der Waals surface area contributed by atoms with E-state index >= 15 is 0 Å². The highest BCUT2D eigenvalue weighted by Crippen LogP contribution is 2.28. The van der Waals surface area contributed by atoms with Gasteiger partial charge in [-0.25, -0.2) is 9.37 Å². The monoisotopic (exact) mass is 322 g/mol. The van der Waals surface area contributed by atoms with E-state index in [0.717, 1.165) is 0 Å². The van der Waals surface area contributed by atoms with Gasteiger partial charge in [0.15, 0.2) is 5.13 Å². The molecule has 4 nitrogen and oxygen atoms in total. The molecule has 0 unspecified atom stereocenters. The van der Waals surface area contributed by atoms with Gasteiger partial charge in [0.2, 0.25) is 0 Å². The molecule has 2 aromatic carbocycles. The zero-order valence-corrected chi connectivity index (χ0v) is 12.0. The number of halogens is 2.